The minimum Gasteiger partial charge on any atom is -0.486 e. The van der Waals surface area contributed by atoms with Crippen LogP contribution >= 0.6 is 27.5 Å². The van der Waals surface area contributed by atoms with Crippen molar-refractivity contribution in [3.8, 4) is 5.75 Å². The molecule has 3 rings (SSSR count). The van der Waals surface area contributed by atoms with Gasteiger partial charge in [-0.3, -0.25) is 14.9 Å². The monoisotopic (exact) mass is 450 g/mol. The Hall–Kier alpha value is -2.84. The van der Waals surface area contributed by atoms with Gasteiger partial charge in [0.1, 0.15) is 18.1 Å². The summed E-state index contributed by atoms with van der Waals surface area (Å²) in [6.07, 6.45) is 0. The van der Waals surface area contributed by atoms with Crippen molar-refractivity contribution in [1.29, 1.82) is 0 Å². The van der Waals surface area contributed by atoms with E-state index in [0.29, 0.717) is 11.5 Å². The van der Waals surface area contributed by atoms with Crippen molar-refractivity contribution in [3.05, 3.63) is 85.7 Å². The highest BCUT2D eigenvalue weighted by Gasteiger charge is 2.16. The Morgan fingerprint density at radius 2 is 1.93 bits per heavy atom. The molecule has 0 atom stereocenters. The molecule has 7 nitrogen and oxygen atoms in total. The molecule has 0 aliphatic heterocycles. The molecular weight excluding hydrogens is 440 g/mol. The van der Waals surface area contributed by atoms with Gasteiger partial charge in [0.2, 0.25) is 0 Å². The first-order chi connectivity index (χ1) is 12.9. The maximum absolute atomic E-state index is 12.3. The van der Waals surface area contributed by atoms with Crippen LogP contribution in [0.5, 0.6) is 5.75 Å². The number of anilines is 1. The molecule has 2 aromatic carbocycles. The molecule has 138 valence electrons. The molecule has 1 aromatic heterocycles. The molecular formula is C18H12BrClN2O5. The summed E-state index contributed by atoms with van der Waals surface area (Å²) in [6.45, 7) is 0.145. The summed E-state index contributed by atoms with van der Waals surface area (Å²) < 4.78 is 12.0. The van der Waals surface area contributed by atoms with E-state index >= 15 is 0 Å². The number of benzene rings is 2. The molecule has 0 unspecified atom stereocenters. The molecule has 0 aliphatic carbocycles. The Morgan fingerprint density at radius 3 is 2.63 bits per heavy atom. The van der Waals surface area contributed by atoms with Gasteiger partial charge in [-0.15, -0.1) is 0 Å². The zero-order chi connectivity index (χ0) is 19.4. The molecule has 1 N–H and O–H groups in total. The number of furan rings is 1. The number of hydrogen-bond acceptors (Lipinski definition) is 5. The normalized spacial score (nSPS) is 10.4. The fraction of sp³-hybridized carbons (Fsp3) is 0.0556. The van der Waals surface area contributed by atoms with Gasteiger partial charge in [0, 0.05) is 16.6 Å². The molecule has 3 aromatic rings. The fourth-order valence-corrected chi connectivity index (χ4v) is 2.60. The molecule has 0 saturated heterocycles. The van der Waals surface area contributed by atoms with Crippen LogP contribution in [0.15, 0.2) is 63.5 Å². The Kier molecular flexibility index (Phi) is 5.78. The Labute approximate surface area is 167 Å². The number of carbonyl (C=O) groups excluding carboxylic acids is 1. The van der Waals surface area contributed by atoms with Gasteiger partial charge in [-0.1, -0.05) is 27.5 Å². The van der Waals surface area contributed by atoms with Crippen LogP contribution in [-0.2, 0) is 6.61 Å². The maximum atomic E-state index is 12.3. The van der Waals surface area contributed by atoms with Crippen LogP contribution in [0.2, 0.25) is 5.02 Å². The van der Waals surface area contributed by atoms with Crippen molar-refractivity contribution in [1.82, 2.24) is 0 Å². The lowest BCUT2D eigenvalue weighted by Gasteiger charge is -2.06. The van der Waals surface area contributed by atoms with E-state index in [0.717, 1.165) is 4.47 Å². The van der Waals surface area contributed by atoms with Crippen LogP contribution in [0.4, 0.5) is 11.4 Å². The Bertz CT molecular complexity index is 988. The van der Waals surface area contributed by atoms with Crippen LogP contribution in [0, 0.1) is 10.1 Å². The molecule has 1 heterocycles. The standard InChI is InChI=1S/C18H12BrClN2O5/c19-11-1-4-13(5-2-11)26-10-14-6-8-17(27-14)18(23)21-16-9-12(22(24)25)3-7-15(16)20/h1-9H,10H2,(H,21,23). The predicted octanol–water partition coefficient (Wildman–Crippen LogP) is 5.44. The lowest BCUT2D eigenvalue weighted by atomic mass is 10.2. The van der Waals surface area contributed by atoms with E-state index in [2.05, 4.69) is 21.2 Å². The van der Waals surface area contributed by atoms with E-state index in [1.807, 2.05) is 12.1 Å². The van der Waals surface area contributed by atoms with Gasteiger partial charge in [-0.2, -0.15) is 0 Å². The first kappa shape index (κ1) is 18.9. The summed E-state index contributed by atoms with van der Waals surface area (Å²) in [5, 5.41) is 13.5. The van der Waals surface area contributed by atoms with Crippen molar-refractivity contribution in [2.24, 2.45) is 0 Å². The quantitative estimate of drug-likeness (QED) is 0.398. The number of amides is 1. The molecule has 0 fully saturated rings. The van der Waals surface area contributed by atoms with Crippen LogP contribution < -0.4 is 10.1 Å². The SMILES string of the molecule is O=C(Nc1cc([N+](=O)[O-])ccc1Cl)c1ccc(COc2ccc(Br)cc2)o1. The van der Waals surface area contributed by atoms with Crippen LogP contribution in [0.3, 0.4) is 0 Å². The molecule has 0 saturated carbocycles. The van der Waals surface area contributed by atoms with E-state index < -0.39 is 10.8 Å². The van der Waals surface area contributed by atoms with Crippen molar-refractivity contribution in [3.63, 3.8) is 0 Å². The van der Waals surface area contributed by atoms with Crippen LogP contribution in [0.25, 0.3) is 0 Å². The smallest absolute Gasteiger partial charge is 0.291 e. The Balaban J connectivity index is 1.65. The highest BCUT2D eigenvalue weighted by atomic mass is 79.9. The van der Waals surface area contributed by atoms with Gasteiger partial charge in [0.25, 0.3) is 11.6 Å². The van der Waals surface area contributed by atoms with Gasteiger partial charge in [-0.25, -0.2) is 0 Å². The lowest BCUT2D eigenvalue weighted by Crippen LogP contribution is -2.11. The number of non-ortho nitro benzene ring substituents is 1. The third-order valence-electron chi connectivity index (χ3n) is 3.49. The summed E-state index contributed by atoms with van der Waals surface area (Å²) in [5.41, 5.74) is -0.0577. The molecule has 0 bridgehead atoms. The average molecular weight is 452 g/mol. The summed E-state index contributed by atoms with van der Waals surface area (Å²) in [4.78, 5) is 22.6. The third kappa shape index (κ3) is 4.87. The number of ether oxygens (including phenoxy) is 1. The topological polar surface area (TPSA) is 94.6 Å². The minimum atomic E-state index is -0.577. The Morgan fingerprint density at radius 1 is 1.19 bits per heavy atom. The summed E-state index contributed by atoms with van der Waals surface area (Å²) in [6, 6.07) is 14.2. The van der Waals surface area contributed by atoms with Gasteiger partial charge in [0.05, 0.1) is 15.6 Å². The average Bonchev–Trinajstić information content (AvgIpc) is 3.12. The van der Waals surface area contributed by atoms with Crippen LogP contribution in [0.1, 0.15) is 16.3 Å². The van der Waals surface area contributed by atoms with E-state index in [1.54, 1.807) is 18.2 Å². The number of nitro groups is 1. The van der Waals surface area contributed by atoms with Crippen molar-refractivity contribution < 1.29 is 18.9 Å². The third-order valence-corrected chi connectivity index (χ3v) is 4.35. The first-order valence-corrected chi connectivity index (χ1v) is 8.82. The zero-order valence-corrected chi connectivity index (χ0v) is 16.0. The van der Waals surface area contributed by atoms with E-state index in [9.17, 15) is 14.9 Å². The number of nitro benzene ring substituents is 1. The lowest BCUT2D eigenvalue weighted by molar-refractivity contribution is -0.384. The number of hydrogen-bond donors (Lipinski definition) is 1. The summed E-state index contributed by atoms with van der Waals surface area (Å²) in [5.74, 6) is 0.566. The number of nitrogens with zero attached hydrogens (tertiary/aromatic N) is 1. The van der Waals surface area contributed by atoms with Gasteiger partial charge in [0.15, 0.2) is 5.76 Å². The van der Waals surface area contributed by atoms with Crippen molar-refractivity contribution in [2.45, 2.75) is 6.61 Å². The molecule has 0 spiro atoms. The fourth-order valence-electron chi connectivity index (χ4n) is 2.17. The second-order valence-electron chi connectivity index (χ2n) is 5.38. The van der Waals surface area contributed by atoms with Crippen LogP contribution in [-0.4, -0.2) is 10.8 Å². The first-order valence-electron chi connectivity index (χ1n) is 7.65. The van der Waals surface area contributed by atoms with Gasteiger partial charge >= 0.3 is 0 Å². The second kappa shape index (κ2) is 8.24. The molecule has 9 heteroatoms. The second-order valence-corrected chi connectivity index (χ2v) is 6.71. The minimum absolute atomic E-state index is 0.0342. The summed E-state index contributed by atoms with van der Waals surface area (Å²) in [7, 11) is 0. The van der Waals surface area contributed by atoms with Crippen molar-refractivity contribution in [2.75, 3.05) is 5.32 Å². The molecule has 1 amide bonds. The number of nitrogens with one attached hydrogen (secondary N) is 1. The highest BCUT2D eigenvalue weighted by Crippen LogP contribution is 2.27. The predicted molar refractivity (Wildman–Crippen MR) is 103 cm³/mol. The molecule has 0 aliphatic rings. The number of halogens is 2. The highest BCUT2D eigenvalue weighted by molar-refractivity contribution is 9.10. The molecule has 0 radical (unpaired) electrons. The summed E-state index contributed by atoms with van der Waals surface area (Å²) >= 11 is 9.32. The number of carbonyl (C=O) groups is 1. The zero-order valence-electron chi connectivity index (χ0n) is 13.6. The van der Waals surface area contributed by atoms with Crippen molar-refractivity contribution >= 4 is 44.8 Å². The van der Waals surface area contributed by atoms with Gasteiger partial charge < -0.3 is 14.5 Å². The largest absolute Gasteiger partial charge is 0.486 e. The number of rotatable bonds is 6. The van der Waals surface area contributed by atoms with E-state index in [1.165, 1.54) is 24.3 Å². The maximum Gasteiger partial charge on any atom is 0.291 e. The molecule has 27 heavy (non-hydrogen) atoms. The van der Waals surface area contributed by atoms with E-state index in [4.69, 9.17) is 20.8 Å². The van der Waals surface area contributed by atoms with Gasteiger partial charge in [-0.05, 0) is 42.5 Å². The van der Waals surface area contributed by atoms with E-state index in [-0.39, 0.29) is 28.8 Å².